The monoisotopic (exact) mass is 276 g/mol. The summed E-state index contributed by atoms with van der Waals surface area (Å²) in [6, 6.07) is 7.38. The third-order valence-corrected chi connectivity index (χ3v) is 2.67. The van der Waals surface area contributed by atoms with Gasteiger partial charge in [-0.2, -0.15) is 0 Å². The molecule has 0 saturated carbocycles. The average molecular weight is 276 g/mol. The second-order valence-electron chi connectivity index (χ2n) is 5.41. The SMILES string of the molecule is CC.Cn1c(C(=O)OC(C)(C)C)cc2cc(N)ccc21. The van der Waals surface area contributed by atoms with E-state index in [-0.39, 0.29) is 5.97 Å². The minimum atomic E-state index is -0.493. The summed E-state index contributed by atoms with van der Waals surface area (Å²) < 4.78 is 7.20. The highest BCUT2D eigenvalue weighted by Gasteiger charge is 2.21. The van der Waals surface area contributed by atoms with Crippen LogP contribution < -0.4 is 5.73 Å². The van der Waals surface area contributed by atoms with Crippen molar-refractivity contribution in [2.75, 3.05) is 5.73 Å². The van der Waals surface area contributed by atoms with Crippen molar-refractivity contribution in [2.45, 2.75) is 40.2 Å². The molecule has 0 aliphatic heterocycles. The molecule has 0 spiro atoms. The summed E-state index contributed by atoms with van der Waals surface area (Å²) >= 11 is 0. The molecule has 0 radical (unpaired) electrons. The van der Waals surface area contributed by atoms with Gasteiger partial charge in [0, 0.05) is 23.6 Å². The maximum atomic E-state index is 12.1. The van der Waals surface area contributed by atoms with Gasteiger partial charge in [0.1, 0.15) is 11.3 Å². The first kappa shape index (κ1) is 16.1. The van der Waals surface area contributed by atoms with Crippen LogP contribution in [0.25, 0.3) is 10.9 Å². The Hall–Kier alpha value is -1.97. The van der Waals surface area contributed by atoms with Gasteiger partial charge in [0.15, 0.2) is 0 Å². The van der Waals surface area contributed by atoms with E-state index in [1.165, 1.54) is 0 Å². The van der Waals surface area contributed by atoms with E-state index < -0.39 is 5.60 Å². The topological polar surface area (TPSA) is 57.2 Å². The van der Waals surface area contributed by atoms with Gasteiger partial charge < -0.3 is 15.0 Å². The fraction of sp³-hybridized carbons (Fsp3) is 0.438. The summed E-state index contributed by atoms with van der Waals surface area (Å²) in [5, 5.41) is 0.943. The van der Waals surface area contributed by atoms with Crippen LogP contribution in [0.1, 0.15) is 45.1 Å². The molecule has 0 aliphatic carbocycles. The highest BCUT2D eigenvalue weighted by atomic mass is 16.6. The molecular weight excluding hydrogens is 252 g/mol. The normalized spacial score (nSPS) is 10.9. The fourth-order valence-corrected chi connectivity index (χ4v) is 1.89. The molecule has 0 saturated heterocycles. The highest BCUT2D eigenvalue weighted by Crippen LogP contribution is 2.23. The molecule has 0 bridgehead atoms. The van der Waals surface area contributed by atoms with Gasteiger partial charge in [-0.25, -0.2) is 4.79 Å². The Balaban J connectivity index is 0.000000956. The number of hydrogen-bond acceptors (Lipinski definition) is 3. The van der Waals surface area contributed by atoms with Gasteiger partial charge in [-0.3, -0.25) is 0 Å². The number of ether oxygens (including phenoxy) is 1. The molecule has 0 atom stereocenters. The highest BCUT2D eigenvalue weighted by molar-refractivity contribution is 5.96. The van der Waals surface area contributed by atoms with E-state index in [1.54, 1.807) is 6.07 Å². The number of esters is 1. The molecular formula is C16H24N2O2. The van der Waals surface area contributed by atoms with Crippen LogP contribution in [0, 0.1) is 0 Å². The quantitative estimate of drug-likeness (QED) is 0.637. The van der Waals surface area contributed by atoms with Crippen molar-refractivity contribution in [3.63, 3.8) is 0 Å². The molecule has 4 nitrogen and oxygen atoms in total. The average Bonchev–Trinajstić information content (AvgIpc) is 2.67. The number of nitrogens with zero attached hydrogens (tertiary/aromatic N) is 1. The summed E-state index contributed by atoms with van der Waals surface area (Å²) in [5.74, 6) is -0.320. The van der Waals surface area contributed by atoms with Gasteiger partial charge in [0.2, 0.25) is 0 Å². The van der Waals surface area contributed by atoms with Crippen LogP contribution in [-0.2, 0) is 11.8 Å². The minimum absolute atomic E-state index is 0.320. The van der Waals surface area contributed by atoms with E-state index in [2.05, 4.69) is 0 Å². The number of aryl methyl sites for hydroxylation is 1. The summed E-state index contributed by atoms with van der Waals surface area (Å²) in [6.07, 6.45) is 0. The largest absolute Gasteiger partial charge is 0.455 e. The third-order valence-electron chi connectivity index (χ3n) is 2.67. The maximum Gasteiger partial charge on any atom is 0.355 e. The van der Waals surface area contributed by atoms with Crippen LogP contribution in [0.5, 0.6) is 0 Å². The zero-order valence-electron chi connectivity index (χ0n) is 13.2. The number of benzene rings is 1. The Morgan fingerprint density at radius 3 is 2.35 bits per heavy atom. The molecule has 2 aromatic rings. The van der Waals surface area contributed by atoms with E-state index in [9.17, 15) is 4.79 Å². The fourth-order valence-electron chi connectivity index (χ4n) is 1.89. The molecule has 2 N–H and O–H groups in total. The predicted octanol–water partition coefficient (Wildman–Crippen LogP) is 3.74. The lowest BCUT2D eigenvalue weighted by Crippen LogP contribution is -2.25. The Labute approximate surface area is 120 Å². The summed E-state index contributed by atoms with van der Waals surface area (Å²) in [7, 11) is 1.85. The molecule has 1 aromatic carbocycles. The number of aromatic nitrogens is 1. The number of carbonyl (C=O) groups is 1. The molecule has 0 fully saturated rings. The first-order chi connectivity index (χ1) is 9.28. The van der Waals surface area contributed by atoms with Gasteiger partial charge in [-0.15, -0.1) is 0 Å². The van der Waals surface area contributed by atoms with E-state index >= 15 is 0 Å². The first-order valence-electron chi connectivity index (χ1n) is 6.86. The molecule has 1 heterocycles. The predicted molar refractivity (Wildman–Crippen MR) is 83.8 cm³/mol. The van der Waals surface area contributed by atoms with Crippen LogP contribution in [0.15, 0.2) is 24.3 Å². The van der Waals surface area contributed by atoms with Crippen molar-refractivity contribution < 1.29 is 9.53 Å². The smallest absolute Gasteiger partial charge is 0.355 e. The number of nitrogens with two attached hydrogens (primary N) is 1. The second-order valence-corrected chi connectivity index (χ2v) is 5.41. The van der Waals surface area contributed by atoms with Crippen molar-refractivity contribution in [1.29, 1.82) is 0 Å². The van der Waals surface area contributed by atoms with Crippen LogP contribution >= 0.6 is 0 Å². The standard InChI is InChI=1S/C14H18N2O2.C2H6/c1-14(2,3)18-13(17)12-8-9-7-10(15)5-6-11(9)16(12)4;1-2/h5-8H,15H2,1-4H3;1-2H3. The van der Waals surface area contributed by atoms with Crippen molar-refractivity contribution >= 4 is 22.6 Å². The Kier molecular flexibility index (Phi) is 4.82. The number of carbonyl (C=O) groups excluding carboxylic acids is 1. The molecule has 0 aliphatic rings. The number of rotatable bonds is 1. The first-order valence-corrected chi connectivity index (χ1v) is 6.86. The molecule has 1 aromatic heterocycles. The lowest BCUT2D eigenvalue weighted by Gasteiger charge is -2.19. The molecule has 110 valence electrons. The van der Waals surface area contributed by atoms with Gasteiger partial charge >= 0.3 is 5.97 Å². The lowest BCUT2D eigenvalue weighted by atomic mass is 10.2. The lowest BCUT2D eigenvalue weighted by molar-refractivity contribution is 0.00595. The third kappa shape index (κ3) is 3.53. The Morgan fingerprint density at radius 2 is 1.80 bits per heavy atom. The zero-order chi connectivity index (χ0) is 15.5. The second kappa shape index (κ2) is 5.99. The molecule has 20 heavy (non-hydrogen) atoms. The minimum Gasteiger partial charge on any atom is -0.455 e. The van der Waals surface area contributed by atoms with Gasteiger partial charge in [-0.05, 0) is 45.0 Å². The zero-order valence-corrected chi connectivity index (χ0v) is 13.2. The van der Waals surface area contributed by atoms with Gasteiger partial charge in [0.05, 0.1) is 0 Å². The summed E-state index contributed by atoms with van der Waals surface area (Å²) in [4.78, 5) is 12.1. The van der Waals surface area contributed by atoms with Crippen molar-refractivity contribution in [3.05, 3.63) is 30.0 Å². The van der Waals surface area contributed by atoms with Crippen LogP contribution in [0.4, 0.5) is 5.69 Å². The van der Waals surface area contributed by atoms with E-state index in [0.29, 0.717) is 11.4 Å². The van der Waals surface area contributed by atoms with Crippen LogP contribution in [-0.4, -0.2) is 16.1 Å². The summed E-state index contributed by atoms with van der Waals surface area (Å²) in [6.45, 7) is 9.56. The number of anilines is 1. The molecule has 2 rings (SSSR count). The number of hydrogen-bond donors (Lipinski definition) is 1. The van der Waals surface area contributed by atoms with Gasteiger partial charge in [-0.1, -0.05) is 13.8 Å². The van der Waals surface area contributed by atoms with E-state index in [4.69, 9.17) is 10.5 Å². The maximum absolute atomic E-state index is 12.1. The molecule has 0 amide bonds. The number of nitrogen functional groups attached to an aromatic ring is 1. The Morgan fingerprint density at radius 1 is 1.20 bits per heavy atom. The summed E-state index contributed by atoms with van der Waals surface area (Å²) in [5.41, 5.74) is 7.42. The van der Waals surface area contributed by atoms with Crippen molar-refractivity contribution in [3.8, 4) is 0 Å². The van der Waals surface area contributed by atoms with Crippen LogP contribution in [0.2, 0.25) is 0 Å². The number of fused-ring (bicyclic) bond motifs is 1. The van der Waals surface area contributed by atoms with E-state index in [1.807, 2.05) is 64.4 Å². The Bertz CT molecular complexity index is 607. The van der Waals surface area contributed by atoms with Crippen molar-refractivity contribution in [1.82, 2.24) is 4.57 Å². The molecule has 4 heteroatoms. The van der Waals surface area contributed by atoms with Crippen molar-refractivity contribution in [2.24, 2.45) is 7.05 Å². The van der Waals surface area contributed by atoms with E-state index in [0.717, 1.165) is 10.9 Å². The van der Waals surface area contributed by atoms with Gasteiger partial charge in [0.25, 0.3) is 0 Å². The molecule has 0 unspecified atom stereocenters. The van der Waals surface area contributed by atoms with Crippen LogP contribution in [0.3, 0.4) is 0 Å².